The van der Waals surface area contributed by atoms with Gasteiger partial charge in [0, 0.05) is 0 Å². The zero-order valence-corrected chi connectivity index (χ0v) is 15.3. The quantitative estimate of drug-likeness (QED) is 0.315. The van der Waals surface area contributed by atoms with E-state index >= 15 is 0 Å². The van der Waals surface area contributed by atoms with Crippen molar-refractivity contribution in [3.63, 3.8) is 0 Å². The van der Waals surface area contributed by atoms with Gasteiger partial charge in [-0.25, -0.2) is 0 Å². The third-order valence-corrected chi connectivity index (χ3v) is 2.37. The molecule has 0 unspecified atom stereocenters. The molecule has 10 radical (unpaired) electrons. The Kier molecular flexibility index (Phi) is 12.9. The van der Waals surface area contributed by atoms with Gasteiger partial charge >= 0.3 is 17.1 Å². The van der Waals surface area contributed by atoms with Crippen molar-refractivity contribution >= 4 is 5.91 Å². The number of quaternary nitrogens is 1. The van der Waals surface area contributed by atoms with Gasteiger partial charge in [0.15, 0.2) is 0 Å². The number of carbonyl (C=O) groups is 1. The van der Waals surface area contributed by atoms with Crippen LogP contribution in [-0.4, -0.2) is 38.1 Å². The Bertz CT molecular complexity index is 257. The van der Waals surface area contributed by atoms with Crippen LogP contribution in [0.2, 0.25) is 0 Å². The Labute approximate surface area is 152 Å². The van der Waals surface area contributed by atoms with Crippen LogP contribution in [0, 0.1) is 63.2 Å². The molecule has 0 heterocycles. The van der Waals surface area contributed by atoms with E-state index in [1.54, 1.807) is 6.42 Å². The minimum atomic E-state index is -0.339. The fourth-order valence-corrected chi connectivity index (χ4v) is 1.67. The Morgan fingerprint density at radius 2 is 1.45 bits per heavy atom. The van der Waals surface area contributed by atoms with Gasteiger partial charge in [0.2, 0.25) is 5.91 Å². The third kappa shape index (κ3) is 9.59. The number of hydrogen-bond donors (Lipinski definition) is 1. The van der Waals surface area contributed by atoms with Gasteiger partial charge in [0.25, 0.3) is 0 Å². The molecular weight excluding hydrogens is 407 g/mol. The van der Waals surface area contributed by atoms with Crippen molar-refractivity contribution in [1.82, 2.24) is 0 Å². The van der Waals surface area contributed by atoms with E-state index in [0.717, 1.165) is 16.9 Å². The largest absolute Gasteiger partial charge is 2.00 e. The molecule has 110 valence electrons. The van der Waals surface area contributed by atoms with E-state index < -0.39 is 0 Å². The van der Waals surface area contributed by atoms with Crippen LogP contribution in [0.4, 0.5) is 0 Å². The summed E-state index contributed by atoms with van der Waals surface area (Å²) in [4.78, 5) is 11.0. The molecule has 2 rings (SSSR count). The summed E-state index contributed by atoms with van der Waals surface area (Å²) in [6.45, 7) is 0.825. The minimum absolute atomic E-state index is 0. The van der Waals surface area contributed by atoms with E-state index in [2.05, 4.69) is 21.1 Å². The van der Waals surface area contributed by atoms with Gasteiger partial charge < -0.3 is 34.2 Å². The number of amides is 1. The van der Waals surface area contributed by atoms with E-state index in [9.17, 15) is 4.79 Å². The molecule has 2 aliphatic rings. The Morgan fingerprint density at radius 3 is 1.80 bits per heavy atom. The predicted molar refractivity (Wildman–Crippen MR) is 73.0 cm³/mol. The van der Waals surface area contributed by atoms with Gasteiger partial charge in [-0.15, -0.1) is 0 Å². The van der Waals surface area contributed by atoms with Crippen LogP contribution in [0.15, 0.2) is 0 Å². The molecule has 0 aliphatic heterocycles. The van der Waals surface area contributed by atoms with E-state index in [4.69, 9.17) is 5.73 Å². The van der Waals surface area contributed by atoms with Gasteiger partial charge in [-0.05, 0) is 51.4 Å². The van der Waals surface area contributed by atoms with Gasteiger partial charge in [-0.3, -0.25) is 4.79 Å². The van der Waals surface area contributed by atoms with E-state index in [1.165, 1.54) is 0 Å². The standard InChI is InChI=1S/C10H15N2O.C5H5.Fe.HI/c1-12(2,3)7-8-5-4-6-9(8)10(11)13;1-2-4-5-3-1;;/h4-6H,7H2,1-3H3,(H-,11,13);1-5H;;1H/q;;+2;. The number of nitrogens with two attached hydrogens (primary N) is 1. The smallest absolute Gasteiger partial charge is 1.00 e. The van der Waals surface area contributed by atoms with Crippen LogP contribution in [-0.2, 0) is 21.9 Å². The number of carbonyl (C=O) groups excluding carboxylic acids is 1. The SMILES string of the molecule is C[N+](C)(C)C[C]1[CH][CH][CH][C]1C(N)=O.[CH]1[CH][CH][CH][CH]1.[Fe+2].[I-]. The van der Waals surface area contributed by atoms with E-state index in [1.807, 2.05) is 44.9 Å². The molecule has 2 saturated carbocycles. The van der Waals surface area contributed by atoms with Crippen molar-refractivity contribution < 1.29 is 50.3 Å². The summed E-state index contributed by atoms with van der Waals surface area (Å²) in [7, 11) is 6.24. The molecule has 5 heteroatoms. The van der Waals surface area contributed by atoms with Gasteiger partial charge in [-0.2, -0.15) is 0 Å². The van der Waals surface area contributed by atoms with E-state index in [0.29, 0.717) is 5.92 Å². The third-order valence-electron chi connectivity index (χ3n) is 2.37. The molecule has 2 N–H and O–H groups in total. The van der Waals surface area contributed by atoms with Crippen LogP contribution >= 0.6 is 0 Å². The zero-order valence-electron chi connectivity index (χ0n) is 12.0. The first kappa shape index (κ1) is 23.0. The molecule has 0 saturated heterocycles. The van der Waals surface area contributed by atoms with Crippen molar-refractivity contribution in [3.8, 4) is 0 Å². The number of rotatable bonds is 3. The molecule has 20 heavy (non-hydrogen) atoms. The van der Waals surface area contributed by atoms with Crippen molar-refractivity contribution in [1.29, 1.82) is 0 Å². The zero-order chi connectivity index (χ0) is 13.6. The molecule has 3 nitrogen and oxygen atoms in total. The summed E-state index contributed by atoms with van der Waals surface area (Å²) in [5.74, 6) is 1.33. The predicted octanol–water partition coefficient (Wildman–Crippen LogP) is -2.02. The normalized spacial score (nSPS) is 19.6. The van der Waals surface area contributed by atoms with Gasteiger partial charge in [0.1, 0.15) is 0 Å². The van der Waals surface area contributed by atoms with Crippen molar-refractivity contribution in [2.75, 3.05) is 27.7 Å². The number of halogens is 1. The number of hydrogen-bond acceptors (Lipinski definition) is 1. The second-order valence-corrected chi connectivity index (χ2v) is 5.24. The summed E-state index contributed by atoms with van der Waals surface area (Å²) < 4.78 is 0.796. The number of nitrogens with zero attached hydrogens (tertiary/aromatic N) is 1. The molecule has 2 aliphatic carbocycles. The second-order valence-electron chi connectivity index (χ2n) is 5.24. The van der Waals surface area contributed by atoms with Crippen LogP contribution in [0.1, 0.15) is 0 Å². The fraction of sp³-hybridized carbons (Fsp3) is 0.267. The number of primary amides is 1. The topological polar surface area (TPSA) is 43.1 Å². The Hall–Kier alpha value is 0.679. The summed E-state index contributed by atoms with van der Waals surface area (Å²) in [6.07, 6.45) is 15.6. The van der Waals surface area contributed by atoms with Gasteiger partial charge in [0.05, 0.1) is 39.5 Å². The van der Waals surface area contributed by atoms with Crippen LogP contribution in [0.3, 0.4) is 0 Å². The van der Waals surface area contributed by atoms with Crippen molar-refractivity contribution in [3.05, 3.63) is 63.2 Å². The molecule has 0 aromatic carbocycles. The maximum absolute atomic E-state index is 11.0. The molecule has 0 aromatic heterocycles. The molecular formula is C15H21FeIN2O+2. The van der Waals surface area contributed by atoms with Gasteiger partial charge in [-0.1, -0.05) is 0 Å². The molecule has 0 aromatic rings. The summed E-state index contributed by atoms with van der Waals surface area (Å²) >= 11 is 0. The summed E-state index contributed by atoms with van der Waals surface area (Å²) in [5, 5.41) is 0. The molecule has 1 amide bonds. The average molecular weight is 428 g/mol. The second kappa shape index (κ2) is 11.3. The first-order valence-electron chi connectivity index (χ1n) is 5.91. The molecule has 2 fully saturated rings. The minimum Gasteiger partial charge on any atom is -1.00 e. The molecule has 0 bridgehead atoms. The Morgan fingerprint density at radius 1 is 1.00 bits per heavy atom. The maximum Gasteiger partial charge on any atom is 2.00 e. The van der Waals surface area contributed by atoms with E-state index in [-0.39, 0.29) is 47.0 Å². The van der Waals surface area contributed by atoms with Crippen molar-refractivity contribution in [2.45, 2.75) is 0 Å². The summed E-state index contributed by atoms with van der Waals surface area (Å²) in [5.41, 5.74) is 5.23. The average Bonchev–Trinajstić information content (AvgIpc) is 2.85. The van der Waals surface area contributed by atoms with Crippen LogP contribution < -0.4 is 29.7 Å². The molecule has 0 spiro atoms. The molecule has 0 atom stereocenters. The van der Waals surface area contributed by atoms with Crippen LogP contribution in [0.25, 0.3) is 0 Å². The fourth-order valence-electron chi connectivity index (χ4n) is 1.67. The summed E-state index contributed by atoms with van der Waals surface area (Å²) in [6, 6.07) is 0. The van der Waals surface area contributed by atoms with Crippen molar-refractivity contribution in [2.24, 2.45) is 5.73 Å². The van der Waals surface area contributed by atoms with Crippen LogP contribution in [0.5, 0.6) is 0 Å². The monoisotopic (exact) mass is 428 g/mol. The maximum atomic E-state index is 11.0. The Balaban J connectivity index is 0. The first-order chi connectivity index (χ1) is 8.40. The first-order valence-corrected chi connectivity index (χ1v) is 5.91.